The Labute approximate surface area is 121 Å². The van der Waals surface area contributed by atoms with E-state index in [1.807, 2.05) is 0 Å². The quantitative estimate of drug-likeness (QED) is 0.879. The average molecular weight is 266 g/mol. The number of hydrogen-bond donors (Lipinski definition) is 1. The van der Waals surface area contributed by atoms with E-state index in [4.69, 9.17) is 0 Å². The molecule has 2 aromatic carbocycles. The van der Waals surface area contributed by atoms with Crippen molar-refractivity contribution in [3.8, 4) is 0 Å². The first kappa shape index (κ1) is 13.0. The minimum Gasteiger partial charge on any atom is -0.383 e. The second kappa shape index (κ2) is 5.58. The molecule has 0 saturated heterocycles. The maximum absolute atomic E-state index is 3.53. The molecule has 0 aliphatic carbocycles. The van der Waals surface area contributed by atoms with Gasteiger partial charge in [-0.3, -0.25) is 0 Å². The molecule has 1 N–H and O–H groups in total. The van der Waals surface area contributed by atoms with Gasteiger partial charge in [0.1, 0.15) is 0 Å². The lowest BCUT2D eigenvalue weighted by atomic mass is 10.0. The van der Waals surface area contributed by atoms with E-state index < -0.39 is 0 Å². The summed E-state index contributed by atoms with van der Waals surface area (Å²) < 4.78 is 0. The molecule has 2 heteroatoms. The van der Waals surface area contributed by atoms with Gasteiger partial charge >= 0.3 is 0 Å². The minimum absolute atomic E-state index is 0.997. The highest BCUT2D eigenvalue weighted by molar-refractivity contribution is 5.70. The fourth-order valence-corrected chi connectivity index (χ4v) is 2.97. The summed E-state index contributed by atoms with van der Waals surface area (Å²) in [5.41, 5.74) is 6.83. The number of nitrogens with one attached hydrogen (secondary N) is 1. The van der Waals surface area contributed by atoms with E-state index in [9.17, 15) is 0 Å². The molecule has 0 bridgehead atoms. The molecule has 0 spiro atoms. The molecule has 1 aliphatic rings. The first-order valence-electron chi connectivity index (χ1n) is 7.38. The van der Waals surface area contributed by atoms with Crippen molar-refractivity contribution in [3.05, 3.63) is 59.2 Å². The van der Waals surface area contributed by atoms with E-state index in [2.05, 4.69) is 66.5 Å². The van der Waals surface area contributed by atoms with Crippen molar-refractivity contribution in [2.24, 2.45) is 0 Å². The van der Waals surface area contributed by atoms with Gasteiger partial charge in [-0.2, -0.15) is 0 Å². The summed E-state index contributed by atoms with van der Waals surface area (Å²) in [7, 11) is 0. The van der Waals surface area contributed by atoms with E-state index in [0.29, 0.717) is 0 Å². The molecule has 0 atom stereocenters. The highest BCUT2D eigenvalue weighted by Gasteiger charge is 2.16. The molecular formula is C18H22N2. The number of nitrogens with zero attached hydrogens (tertiary/aromatic N) is 1. The number of anilines is 2. The molecule has 0 fully saturated rings. The Morgan fingerprint density at radius 2 is 1.75 bits per heavy atom. The van der Waals surface area contributed by atoms with E-state index in [0.717, 1.165) is 19.6 Å². The van der Waals surface area contributed by atoms with E-state index in [-0.39, 0.29) is 0 Å². The molecule has 0 aromatic heterocycles. The van der Waals surface area contributed by atoms with Gasteiger partial charge in [0.25, 0.3) is 0 Å². The summed E-state index contributed by atoms with van der Waals surface area (Å²) in [6.07, 6.45) is 1.18. The molecule has 2 aromatic rings. The fraction of sp³-hybridized carbons (Fsp3) is 0.333. The van der Waals surface area contributed by atoms with Gasteiger partial charge < -0.3 is 10.2 Å². The Hall–Kier alpha value is -1.96. The first-order chi connectivity index (χ1) is 9.75. The zero-order chi connectivity index (χ0) is 13.9. The maximum atomic E-state index is 3.53. The van der Waals surface area contributed by atoms with Crippen LogP contribution in [-0.4, -0.2) is 13.1 Å². The average Bonchev–Trinajstić information content (AvgIpc) is 2.66. The monoisotopic (exact) mass is 266 g/mol. The van der Waals surface area contributed by atoms with Crippen LogP contribution in [0.4, 0.5) is 11.4 Å². The normalized spacial score (nSPS) is 14.4. The van der Waals surface area contributed by atoms with Gasteiger partial charge in [-0.05, 0) is 49.1 Å². The molecular weight excluding hydrogens is 244 g/mol. The van der Waals surface area contributed by atoms with Crippen LogP contribution in [0, 0.1) is 13.8 Å². The van der Waals surface area contributed by atoms with Crippen LogP contribution in [0.25, 0.3) is 0 Å². The molecule has 1 aliphatic heterocycles. The number of fused-ring (bicyclic) bond motifs is 1. The number of benzene rings is 2. The molecule has 2 nitrogen and oxygen atoms in total. The lowest BCUT2D eigenvalue weighted by Crippen LogP contribution is -2.24. The zero-order valence-corrected chi connectivity index (χ0v) is 12.3. The highest BCUT2D eigenvalue weighted by atomic mass is 15.2. The molecule has 104 valence electrons. The van der Waals surface area contributed by atoms with Gasteiger partial charge in [-0.1, -0.05) is 30.3 Å². The van der Waals surface area contributed by atoms with Crippen molar-refractivity contribution >= 4 is 11.4 Å². The predicted molar refractivity (Wildman–Crippen MR) is 86.5 cm³/mol. The van der Waals surface area contributed by atoms with Crippen LogP contribution >= 0.6 is 0 Å². The van der Waals surface area contributed by atoms with E-state index in [1.54, 1.807) is 0 Å². The van der Waals surface area contributed by atoms with Crippen LogP contribution < -0.4 is 10.2 Å². The SMILES string of the molecule is Cc1cccc(C)c1CN1CCCNc2ccccc21. The maximum Gasteiger partial charge on any atom is 0.0605 e. The largest absolute Gasteiger partial charge is 0.383 e. The van der Waals surface area contributed by atoms with Gasteiger partial charge in [0.2, 0.25) is 0 Å². The number of para-hydroxylation sites is 2. The van der Waals surface area contributed by atoms with Gasteiger partial charge in [0.15, 0.2) is 0 Å². The summed E-state index contributed by atoms with van der Waals surface area (Å²) >= 11 is 0. The van der Waals surface area contributed by atoms with Crippen molar-refractivity contribution < 1.29 is 0 Å². The summed E-state index contributed by atoms with van der Waals surface area (Å²) in [4.78, 5) is 2.50. The fourth-order valence-electron chi connectivity index (χ4n) is 2.97. The molecule has 20 heavy (non-hydrogen) atoms. The third-order valence-electron chi connectivity index (χ3n) is 4.16. The third-order valence-corrected chi connectivity index (χ3v) is 4.16. The minimum atomic E-state index is 0.997. The second-order valence-corrected chi connectivity index (χ2v) is 5.59. The van der Waals surface area contributed by atoms with Gasteiger partial charge in [-0.25, -0.2) is 0 Å². The van der Waals surface area contributed by atoms with Crippen molar-refractivity contribution in [2.75, 3.05) is 23.3 Å². The number of aryl methyl sites for hydroxylation is 2. The molecule has 1 heterocycles. The Kier molecular flexibility index (Phi) is 3.64. The summed E-state index contributed by atoms with van der Waals surface area (Å²) in [6, 6.07) is 15.2. The lowest BCUT2D eigenvalue weighted by molar-refractivity contribution is 0.759. The Morgan fingerprint density at radius 1 is 1.00 bits per heavy atom. The van der Waals surface area contributed by atoms with E-state index >= 15 is 0 Å². The van der Waals surface area contributed by atoms with Crippen LogP contribution in [0.1, 0.15) is 23.1 Å². The van der Waals surface area contributed by atoms with Crippen molar-refractivity contribution in [1.82, 2.24) is 0 Å². The smallest absolute Gasteiger partial charge is 0.0605 e. The van der Waals surface area contributed by atoms with Crippen LogP contribution in [0.3, 0.4) is 0 Å². The summed E-state index contributed by atoms with van der Waals surface area (Å²) in [5, 5.41) is 3.53. The van der Waals surface area contributed by atoms with Crippen LogP contribution in [0.5, 0.6) is 0 Å². The Bertz CT molecular complexity index is 584. The van der Waals surface area contributed by atoms with Crippen LogP contribution in [0.15, 0.2) is 42.5 Å². The molecule has 0 saturated carbocycles. The van der Waals surface area contributed by atoms with Crippen LogP contribution in [0.2, 0.25) is 0 Å². The predicted octanol–water partition coefficient (Wildman–Crippen LogP) is 4.13. The van der Waals surface area contributed by atoms with Gasteiger partial charge in [0, 0.05) is 19.6 Å². The van der Waals surface area contributed by atoms with Crippen molar-refractivity contribution in [3.63, 3.8) is 0 Å². The number of hydrogen-bond acceptors (Lipinski definition) is 2. The van der Waals surface area contributed by atoms with Gasteiger partial charge in [-0.15, -0.1) is 0 Å². The summed E-state index contributed by atoms with van der Waals surface area (Å²) in [6.45, 7) is 7.59. The topological polar surface area (TPSA) is 15.3 Å². The molecule has 3 rings (SSSR count). The third kappa shape index (κ3) is 2.51. The lowest BCUT2D eigenvalue weighted by Gasteiger charge is -2.26. The van der Waals surface area contributed by atoms with Crippen LogP contribution in [-0.2, 0) is 6.54 Å². The van der Waals surface area contributed by atoms with Gasteiger partial charge in [0.05, 0.1) is 11.4 Å². The Balaban J connectivity index is 1.94. The molecule has 0 amide bonds. The number of rotatable bonds is 2. The molecule has 0 radical (unpaired) electrons. The second-order valence-electron chi connectivity index (χ2n) is 5.59. The Morgan fingerprint density at radius 3 is 2.55 bits per heavy atom. The van der Waals surface area contributed by atoms with Crippen molar-refractivity contribution in [2.45, 2.75) is 26.8 Å². The van der Waals surface area contributed by atoms with E-state index in [1.165, 1.54) is 34.5 Å². The standard InChI is InChI=1S/C18H22N2/c1-14-7-5-8-15(2)16(14)13-20-12-6-11-19-17-9-3-4-10-18(17)20/h3-5,7-10,19H,6,11-13H2,1-2H3. The van der Waals surface area contributed by atoms with Crippen molar-refractivity contribution in [1.29, 1.82) is 0 Å². The summed E-state index contributed by atoms with van der Waals surface area (Å²) in [5.74, 6) is 0. The molecule has 0 unspecified atom stereocenters. The highest BCUT2D eigenvalue weighted by Crippen LogP contribution is 2.30. The zero-order valence-electron chi connectivity index (χ0n) is 12.3. The first-order valence-corrected chi connectivity index (χ1v) is 7.38.